The van der Waals surface area contributed by atoms with Gasteiger partial charge in [-0.1, -0.05) is 0 Å². The smallest absolute Gasteiger partial charge is 0.120 e. The van der Waals surface area contributed by atoms with E-state index >= 15 is 0 Å². The molecule has 2 aliphatic heterocycles. The lowest BCUT2D eigenvalue weighted by Gasteiger charge is -2.35. The third-order valence-corrected chi connectivity index (χ3v) is 4.08. The highest BCUT2D eigenvalue weighted by Gasteiger charge is 2.32. The fourth-order valence-electron chi connectivity index (χ4n) is 2.96. The van der Waals surface area contributed by atoms with E-state index < -0.39 is 0 Å². The van der Waals surface area contributed by atoms with Gasteiger partial charge in [-0.25, -0.2) is 0 Å². The van der Waals surface area contributed by atoms with Crippen LogP contribution in [0.3, 0.4) is 0 Å². The van der Waals surface area contributed by atoms with Crippen LogP contribution in [-0.2, 0) is 4.74 Å². The van der Waals surface area contributed by atoms with Gasteiger partial charge in [0.05, 0.1) is 25.0 Å². The van der Waals surface area contributed by atoms with Crippen molar-refractivity contribution in [1.82, 2.24) is 10.2 Å². The van der Waals surface area contributed by atoms with Crippen molar-refractivity contribution in [3.05, 3.63) is 24.2 Å². The summed E-state index contributed by atoms with van der Waals surface area (Å²) >= 11 is 0. The number of nitrogens with zero attached hydrogens (tertiary/aromatic N) is 1. The third-order valence-electron chi connectivity index (χ3n) is 4.08. The van der Waals surface area contributed by atoms with Gasteiger partial charge in [0.25, 0.3) is 0 Å². The van der Waals surface area contributed by atoms with Crippen LogP contribution < -0.4 is 5.32 Å². The first kappa shape index (κ1) is 12.2. The van der Waals surface area contributed by atoms with Gasteiger partial charge >= 0.3 is 0 Å². The van der Waals surface area contributed by atoms with E-state index in [0.717, 1.165) is 25.5 Å². The van der Waals surface area contributed by atoms with E-state index in [9.17, 15) is 0 Å². The maximum absolute atomic E-state index is 5.92. The van der Waals surface area contributed by atoms with Gasteiger partial charge in [0, 0.05) is 19.1 Å². The normalized spacial score (nSPS) is 30.3. The Bertz CT molecular complexity index is 366. The zero-order valence-electron chi connectivity index (χ0n) is 11.0. The molecule has 1 aromatic heterocycles. The first-order valence-corrected chi connectivity index (χ1v) is 6.95. The monoisotopic (exact) mass is 250 g/mol. The summed E-state index contributed by atoms with van der Waals surface area (Å²) in [6.07, 6.45) is 4.68. The lowest BCUT2D eigenvalue weighted by atomic mass is 10.2. The Morgan fingerprint density at radius 2 is 2.50 bits per heavy atom. The van der Waals surface area contributed by atoms with Gasteiger partial charge < -0.3 is 14.5 Å². The topological polar surface area (TPSA) is 37.6 Å². The number of fused-ring (bicyclic) bond motifs is 1. The van der Waals surface area contributed by atoms with Crippen LogP contribution >= 0.6 is 0 Å². The van der Waals surface area contributed by atoms with Crippen molar-refractivity contribution in [1.29, 1.82) is 0 Å². The SMILES string of the molecule is CC(NCC1CN2CCCC2CO1)c1ccco1. The number of morpholine rings is 1. The second kappa shape index (κ2) is 5.43. The molecule has 0 amide bonds. The second-order valence-corrected chi connectivity index (χ2v) is 5.39. The first-order chi connectivity index (χ1) is 8.83. The Morgan fingerprint density at radius 1 is 1.56 bits per heavy atom. The molecule has 0 bridgehead atoms. The van der Waals surface area contributed by atoms with Crippen LogP contribution in [0, 0.1) is 0 Å². The van der Waals surface area contributed by atoms with Gasteiger partial charge in [-0.05, 0) is 38.4 Å². The zero-order valence-corrected chi connectivity index (χ0v) is 11.0. The molecule has 2 aliphatic rings. The summed E-state index contributed by atoms with van der Waals surface area (Å²) in [5.41, 5.74) is 0. The highest BCUT2D eigenvalue weighted by Crippen LogP contribution is 2.22. The molecule has 4 nitrogen and oxygen atoms in total. The molecule has 0 aromatic carbocycles. The molecular formula is C14H22N2O2. The molecule has 1 aromatic rings. The van der Waals surface area contributed by atoms with Gasteiger partial charge in [0.15, 0.2) is 0 Å². The molecule has 0 aliphatic carbocycles. The lowest BCUT2D eigenvalue weighted by molar-refractivity contribution is -0.0479. The first-order valence-electron chi connectivity index (χ1n) is 6.95. The van der Waals surface area contributed by atoms with Crippen LogP contribution in [0.4, 0.5) is 0 Å². The standard InChI is InChI=1S/C14H22N2O2/c1-11(14-5-3-7-17-14)15-8-13-9-16-6-2-4-12(16)10-18-13/h3,5,7,11-13,15H,2,4,6,8-10H2,1H3. The van der Waals surface area contributed by atoms with Gasteiger partial charge in [0.1, 0.15) is 5.76 Å². The van der Waals surface area contributed by atoms with Crippen LogP contribution in [0.2, 0.25) is 0 Å². The summed E-state index contributed by atoms with van der Waals surface area (Å²) in [6, 6.07) is 4.87. The Labute approximate surface area is 108 Å². The highest BCUT2D eigenvalue weighted by atomic mass is 16.5. The average Bonchev–Trinajstić information content (AvgIpc) is 3.05. The number of rotatable bonds is 4. The predicted octanol–water partition coefficient (Wildman–Crippen LogP) is 1.79. The maximum atomic E-state index is 5.92. The maximum Gasteiger partial charge on any atom is 0.120 e. The van der Waals surface area contributed by atoms with Gasteiger partial charge in [-0.3, -0.25) is 4.90 Å². The fourth-order valence-corrected chi connectivity index (χ4v) is 2.96. The molecular weight excluding hydrogens is 228 g/mol. The quantitative estimate of drug-likeness (QED) is 0.884. The van der Waals surface area contributed by atoms with E-state index in [-0.39, 0.29) is 6.04 Å². The van der Waals surface area contributed by atoms with Crippen molar-refractivity contribution < 1.29 is 9.15 Å². The molecule has 18 heavy (non-hydrogen) atoms. The molecule has 0 radical (unpaired) electrons. The van der Waals surface area contributed by atoms with Crippen LogP contribution in [-0.4, -0.2) is 43.3 Å². The highest BCUT2D eigenvalue weighted by molar-refractivity contribution is 5.03. The molecule has 100 valence electrons. The van der Waals surface area contributed by atoms with Gasteiger partial charge in [0.2, 0.25) is 0 Å². The number of nitrogens with one attached hydrogen (secondary N) is 1. The third kappa shape index (κ3) is 2.60. The Balaban J connectivity index is 1.46. The number of furan rings is 1. The molecule has 0 saturated carbocycles. The Morgan fingerprint density at radius 3 is 3.33 bits per heavy atom. The number of hydrogen-bond acceptors (Lipinski definition) is 4. The van der Waals surface area contributed by atoms with E-state index in [1.54, 1.807) is 6.26 Å². The van der Waals surface area contributed by atoms with Crippen molar-refractivity contribution in [2.24, 2.45) is 0 Å². The molecule has 3 rings (SSSR count). The van der Waals surface area contributed by atoms with Gasteiger partial charge in [-0.2, -0.15) is 0 Å². The summed E-state index contributed by atoms with van der Waals surface area (Å²) in [4.78, 5) is 2.58. The summed E-state index contributed by atoms with van der Waals surface area (Å²) < 4.78 is 11.3. The van der Waals surface area contributed by atoms with Crippen LogP contribution in [0.15, 0.2) is 22.8 Å². The minimum Gasteiger partial charge on any atom is -0.468 e. The van der Waals surface area contributed by atoms with Crippen LogP contribution in [0.25, 0.3) is 0 Å². The fraction of sp³-hybridized carbons (Fsp3) is 0.714. The Hall–Kier alpha value is -0.840. The summed E-state index contributed by atoms with van der Waals surface area (Å²) in [5, 5.41) is 3.49. The molecule has 3 unspecified atom stereocenters. The summed E-state index contributed by atoms with van der Waals surface area (Å²) in [6.45, 7) is 6.24. The molecule has 3 atom stereocenters. The molecule has 4 heteroatoms. The Kier molecular flexibility index (Phi) is 3.68. The summed E-state index contributed by atoms with van der Waals surface area (Å²) in [7, 11) is 0. The largest absolute Gasteiger partial charge is 0.468 e. The minimum atomic E-state index is 0.250. The second-order valence-electron chi connectivity index (χ2n) is 5.39. The van der Waals surface area contributed by atoms with Crippen molar-refractivity contribution in [2.45, 2.75) is 38.0 Å². The van der Waals surface area contributed by atoms with Crippen molar-refractivity contribution in [3.8, 4) is 0 Å². The molecule has 2 saturated heterocycles. The van der Waals surface area contributed by atoms with Gasteiger partial charge in [-0.15, -0.1) is 0 Å². The lowest BCUT2D eigenvalue weighted by Crippen LogP contribution is -2.49. The van der Waals surface area contributed by atoms with Crippen molar-refractivity contribution >= 4 is 0 Å². The van der Waals surface area contributed by atoms with E-state index in [1.165, 1.54) is 19.4 Å². The minimum absolute atomic E-state index is 0.250. The molecule has 3 heterocycles. The van der Waals surface area contributed by atoms with E-state index in [1.807, 2.05) is 12.1 Å². The number of hydrogen-bond donors (Lipinski definition) is 1. The number of ether oxygens (including phenoxy) is 1. The average molecular weight is 250 g/mol. The zero-order chi connectivity index (χ0) is 12.4. The van der Waals surface area contributed by atoms with Crippen molar-refractivity contribution in [2.75, 3.05) is 26.2 Å². The molecule has 1 N–H and O–H groups in total. The van der Waals surface area contributed by atoms with Crippen molar-refractivity contribution in [3.63, 3.8) is 0 Å². The van der Waals surface area contributed by atoms with Crippen LogP contribution in [0.1, 0.15) is 31.6 Å². The van der Waals surface area contributed by atoms with E-state index in [2.05, 4.69) is 17.1 Å². The summed E-state index contributed by atoms with van der Waals surface area (Å²) in [5.74, 6) is 0.991. The van der Waals surface area contributed by atoms with E-state index in [0.29, 0.717) is 12.1 Å². The molecule has 0 spiro atoms. The molecule has 2 fully saturated rings. The van der Waals surface area contributed by atoms with Crippen LogP contribution in [0.5, 0.6) is 0 Å². The van der Waals surface area contributed by atoms with E-state index in [4.69, 9.17) is 9.15 Å². The predicted molar refractivity (Wildman–Crippen MR) is 69.5 cm³/mol.